The van der Waals surface area contributed by atoms with E-state index in [1.54, 1.807) is 7.11 Å². The SMILES string of the molecule is COCCCCCNc1nc(Cl)cs1. The van der Waals surface area contributed by atoms with Gasteiger partial charge in [0.2, 0.25) is 0 Å². The summed E-state index contributed by atoms with van der Waals surface area (Å²) >= 11 is 7.22. The van der Waals surface area contributed by atoms with Gasteiger partial charge in [0.15, 0.2) is 5.13 Å². The minimum Gasteiger partial charge on any atom is -0.385 e. The first kappa shape index (κ1) is 11.8. The van der Waals surface area contributed by atoms with Gasteiger partial charge in [0.25, 0.3) is 0 Å². The number of nitrogens with zero attached hydrogens (tertiary/aromatic N) is 1. The quantitative estimate of drug-likeness (QED) is 0.737. The van der Waals surface area contributed by atoms with E-state index in [2.05, 4.69) is 10.3 Å². The van der Waals surface area contributed by atoms with Gasteiger partial charge in [-0.25, -0.2) is 4.98 Å². The maximum absolute atomic E-state index is 5.68. The van der Waals surface area contributed by atoms with Crippen LogP contribution in [0.25, 0.3) is 0 Å². The smallest absolute Gasteiger partial charge is 0.184 e. The van der Waals surface area contributed by atoms with Gasteiger partial charge < -0.3 is 10.1 Å². The molecule has 80 valence electrons. The molecule has 0 fully saturated rings. The molecule has 0 saturated carbocycles. The van der Waals surface area contributed by atoms with E-state index in [0.717, 1.165) is 31.1 Å². The Morgan fingerprint density at radius 2 is 2.36 bits per heavy atom. The van der Waals surface area contributed by atoms with E-state index in [1.165, 1.54) is 17.8 Å². The third-order valence-electron chi connectivity index (χ3n) is 1.78. The predicted octanol–water partition coefficient (Wildman–Crippen LogP) is 3.03. The van der Waals surface area contributed by atoms with Gasteiger partial charge in [-0.2, -0.15) is 0 Å². The second kappa shape index (κ2) is 7.04. The Morgan fingerprint density at radius 1 is 1.50 bits per heavy atom. The Bertz CT molecular complexity index is 255. The number of rotatable bonds is 7. The van der Waals surface area contributed by atoms with E-state index in [0.29, 0.717) is 5.15 Å². The van der Waals surface area contributed by atoms with Gasteiger partial charge in [0.1, 0.15) is 5.15 Å². The number of hydrogen-bond acceptors (Lipinski definition) is 4. The lowest BCUT2D eigenvalue weighted by Gasteiger charge is -2.01. The van der Waals surface area contributed by atoms with Crippen LogP contribution in [-0.2, 0) is 4.74 Å². The van der Waals surface area contributed by atoms with Crippen LogP contribution in [-0.4, -0.2) is 25.2 Å². The van der Waals surface area contributed by atoms with Crippen molar-refractivity contribution in [1.82, 2.24) is 4.98 Å². The lowest BCUT2D eigenvalue weighted by molar-refractivity contribution is 0.192. The summed E-state index contributed by atoms with van der Waals surface area (Å²) in [6.45, 7) is 1.80. The van der Waals surface area contributed by atoms with Gasteiger partial charge in [-0.3, -0.25) is 0 Å². The number of hydrogen-bond donors (Lipinski definition) is 1. The first-order chi connectivity index (χ1) is 6.83. The van der Waals surface area contributed by atoms with E-state index < -0.39 is 0 Å². The van der Waals surface area contributed by atoms with Crippen molar-refractivity contribution in [2.24, 2.45) is 0 Å². The van der Waals surface area contributed by atoms with E-state index in [-0.39, 0.29) is 0 Å². The van der Waals surface area contributed by atoms with Crippen LogP contribution in [0.15, 0.2) is 5.38 Å². The molecule has 5 heteroatoms. The summed E-state index contributed by atoms with van der Waals surface area (Å²) < 4.78 is 4.96. The van der Waals surface area contributed by atoms with E-state index >= 15 is 0 Å². The maximum atomic E-state index is 5.68. The fraction of sp³-hybridized carbons (Fsp3) is 0.667. The first-order valence-electron chi connectivity index (χ1n) is 4.67. The predicted molar refractivity (Wildman–Crippen MR) is 61.3 cm³/mol. The van der Waals surface area contributed by atoms with Crippen LogP contribution in [0.2, 0.25) is 5.15 Å². The van der Waals surface area contributed by atoms with Gasteiger partial charge >= 0.3 is 0 Å². The van der Waals surface area contributed by atoms with Gasteiger partial charge in [-0.1, -0.05) is 11.6 Å². The zero-order valence-corrected chi connectivity index (χ0v) is 9.83. The normalized spacial score (nSPS) is 10.4. The standard InChI is InChI=1S/C9H15ClN2OS/c1-13-6-4-2-3-5-11-9-12-8(10)7-14-9/h7H,2-6H2,1H3,(H,11,12). The minimum absolute atomic E-state index is 0.567. The second-order valence-corrected chi connectivity index (χ2v) is 4.20. The molecule has 0 bridgehead atoms. The number of halogens is 1. The third-order valence-corrected chi connectivity index (χ3v) is 2.90. The highest BCUT2D eigenvalue weighted by Gasteiger charge is 1.97. The number of ether oxygens (including phenoxy) is 1. The van der Waals surface area contributed by atoms with Crippen LogP contribution in [0, 0.1) is 0 Å². The number of anilines is 1. The van der Waals surface area contributed by atoms with Crippen molar-refractivity contribution in [3.05, 3.63) is 10.5 Å². The van der Waals surface area contributed by atoms with Gasteiger partial charge in [0.05, 0.1) is 0 Å². The van der Waals surface area contributed by atoms with Crippen molar-refractivity contribution in [3.63, 3.8) is 0 Å². The fourth-order valence-corrected chi connectivity index (χ4v) is 1.95. The molecule has 1 aromatic rings. The second-order valence-electron chi connectivity index (χ2n) is 2.96. The Hall–Kier alpha value is -0.320. The third kappa shape index (κ3) is 4.79. The van der Waals surface area contributed by atoms with Crippen molar-refractivity contribution in [1.29, 1.82) is 0 Å². The zero-order chi connectivity index (χ0) is 10.2. The molecule has 0 aliphatic carbocycles. The van der Waals surface area contributed by atoms with Gasteiger partial charge in [-0.05, 0) is 19.3 Å². The number of unbranched alkanes of at least 4 members (excludes halogenated alkanes) is 2. The number of thiazole rings is 1. The van der Waals surface area contributed by atoms with Gasteiger partial charge in [0, 0.05) is 25.6 Å². The molecule has 0 spiro atoms. The molecule has 1 aromatic heterocycles. The van der Waals surface area contributed by atoms with E-state index in [9.17, 15) is 0 Å². The molecule has 0 amide bonds. The van der Waals surface area contributed by atoms with Crippen molar-refractivity contribution in [2.45, 2.75) is 19.3 Å². The highest BCUT2D eigenvalue weighted by Crippen LogP contribution is 2.18. The Morgan fingerprint density at radius 3 is 3.00 bits per heavy atom. The topological polar surface area (TPSA) is 34.1 Å². The highest BCUT2D eigenvalue weighted by atomic mass is 35.5. The van der Waals surface area contributed by atoms with Crippen molar-refractivity contribution < 1.29 is 4.74 Å². The summed E-state index contributed by atoms with van der Waals surface area (Å²) in [5, 5.41) is 6.52. The van der Waals surface area contributed by atoms with Crippen molar-refractivity contribution in [2.75, 3.05) is 25.6 Å². The maximum Gasteiger partial charge on any atom is 0.184 e. The summed E-state index contributed by atoms with van der Waals surface area (Å²) in [6, 6.07) is 0. The average Bonchev–Trinajstić information content (AvgIpc) is 2.58. The Labute approximate surface area is 93.4 Å². The molecule has 0 aliphatic heterocycles. The van der Waals surface area contributed by atoms with Crippen molar-refractivity contribution >= 4 is 28.1 Å². The van der Waals surface area contributed by atoms with Crippen LogP contribution < -0.4 is 5.32 Å². The van der Waals surface area contributed by atoms with Crippen LogP contribution in [0.3, 0.4) is 0 Å². The molecular weight excluding hydrogens is 220 g/mol. The molecule has 1 N–H and O–H groups in total. The average molecular weight is 235 g/mol. The summed E-state index contributed by atoms with van der Waals surface area (Å²) in [7, 11) is 1.73. The number of methoxy groups -OCH3 is 1. The molecule has 1 heterocycles. The molecule has 0 aliphatic rings. The molecule has 0 saturated heterocycles. The van der Waals surface area contributed by atoms with Crippen LogP contribution in [0.1, 0.15) is 19.3 Å². The summed E-state index contributed by atoms with van der Waals surface area (Å²) in [4.78, 5) is 4.09. The molecule has 0 atom stereocenters. The molecular formula is C9H15ClN2OS. The molecule has 0 aromatic carbocycles. The first-order valence-corrected chi connectivity index (χ1v) is 5.92. The molecule has 1 rings (SSSR count). The summed E-state index contributed by atoms with van der Waals surface area (Å²) in [5.74, 6) is 0. The summed E-state index contributed by atoms with van der Waals surface area (Å²) in [5.41, 5.74) is 0. The minimum atomic E-state index is 0.567. The zero-order valence-electron chi connectivity index (χ0n) is 8.25. The Kier molecular flexibility index (Phi) is 5.91. The van der Waals surface area contributed by atoms with Crippen LogP contribution >= 0.6 is 22.9 Å². The van der Waals surface area contributed by atoms with E-state index in [4.69, 9.17) is 16.3 Å². The Balaban J connectivity index is 1.99. The monoisotopic (exact) mass is 234 g/mol. The summed E-state index contributed by atoms with van der Waals surface area (Å²) in [6.07, 6.45) is 3.44. The lowest BCUT2D eigenvalue weighted by atomic mass is 10.2. The molecule has 3 nitrogen and oxygen atoms in total. The largest absolute Gasteiger partial charge is 0.385 e. The van der Waals surface area contributed by atoms with Gasteiger partial charge in [-0.15, -0.1) is 11.3 Å². The highest BCUT2D eigenvalue weighted by molar-refractivity contribution is 7.14. The molecule has 0 radical (unpaired) electrons. The lowest BCUT2D eigenvalue weighted by Crippen LogP contribution is -2.01. The number of aromatic nitrogens is 1. The fourth-order valence-electron chi connectivity index (χ4n) is 1.08. The van der Waals surface area contributed by atoms with Crippen LogP contribution in [0.5, 0.6) is 0 Å². The number of nitrogens with one attached hydrogen (secondary N) is 1. The van der Waals surface area contributed by atoms with E-state index in [1.807, 2.05) is 5.38 Å². The van der Waals surface area contributed by atoms with Crippen LogP contribution in [0.4, 0.5) is 5.13 Å². The van der Waals surface area contributed by atoms with Crippen molar-refractivity contribution in [3.8, 4) is 0 Å². The molecule has 14 heavy (non-hydrogen) atoms. The molecule has 0 unspecified atom stereocenters.